The van der Waals surface area contributed by atoms with Gasteiger partial charge in [0.1, 0.15) is 5.82 Å². The van der Waals surface area contributed by atoms with Gasteiger partial charge in [0.05, 0.1) is 6.42 Å². The van der Waals surface area contributed by atoms with E-state index in [1.54, 1.807) is 18.3 Å². The van der Waals surface area contributed by atoms with Crippen LogP contribution in [0.25, 0.3) is 0 Å². The molecule has 0 unspecified atom stereocenters. The zero-order valence-electron chi connectivity index (χ0n) is 12.6. The molecule has 0 spiro atoms. The summed E-state index contributed by atoms with van der Waals surface area (Å²) < 4.78 is 0. The van der Waals surface area contributed by atoms with Crippen molar-refractivity contribution in [2.75, 3.05) is 31.1 Å². The van der Waals surface area contributed by atoms with Crippen LogP contribution in [0.4, 0.5) is 5.82 Å². The van der Waals surface area contributed by atoms with E-state index in [9.17, 15) is 4.79 Å². The molecule has 1 aromatic carbocycles. The van der Waals surface area contributed by atoms with Gasteiger partial charge in [-0.1, -0.05) is 35.3 Å². The summed E-state index contributed by atoms with van der Waals surface area (Å²) in [6.07, 6.45) is 2.09. The van der Waals surface area contributed by atoms with Crippen molar-refractivity contribution in [1.82, 2.24) is 9.88 Å². The van der Waals surface area contributed by atoms with Gasteiger partial charge in [0.15, 0.2) is 0 Å². The number of piperazine rings is 1. The van der Waals surface area contributed by atoms with Crippen LogP contribution in [0.2, 0.25) is 10.0 Å². The van der Waals surface area contributed by atoms with Gasteiger partial charge in [0.2, 0.25) is 5.91 Å². The molecule has 4 nitrogen and oxygen atoms in total. The number of carbonyl (C=O) groups is 1. The van der Waals surface area contributed by atoms with Crippen LogP contribution in [0.15, 0.2) is 42.6 Å². The summed E-state index contributed by atoms with van der Waals surface area (Å²) >= 11 is 12.0. The molecule has 1 aliphatic heterocycles. The number of anilines is 1. The highest BCUT2D eigenvalue weighted by molar-refractivity contribution is 6.35. The third-order valence-electron chi connectivity index (χ3n) is 3.96. The van der Waals surface area contributed by atoms with Crippen LogP contribution in [0.3, 0.4) is 0 Å². The van der Waals surface area contributed by atoms with Crippen molar-refractivity contribution in [1.29, 1.82) is 0 Å². The van der Waals surface area contributed by atoms with E-state index < -0.39 is 0 Å². The highest BCUT2D eigenvalue weighted by atomic mass is 35.5. The first-order valence-corrected chi connectivity index (χ1v) is 8.27. The Morgan fingerprint density at radius 1 is 1.09 bits per heavy atom. The molecule has 3 rings (SSSR count). The first-order chi connectivity index (χ1) is 11.1. The Morgan fingerprint density at radius 3 is 2.52 bits per heavy atom. The highest BCUT2D eigenvalue weighted by Crippen LogP contribution is 2.22. The first-order valence-electron chi connectivity index (χ1n) is 7.51. The predicted octanol–water partition coefficient (Wildman–Crippen LogP) is 3.28. The average molecular weight is 350 g/mol. The molecule has 0 radical (unpaired) electrons. The van der Waals surface area contributed by atoms with Gasteiger partial charge in [-0.2, -0.15) is 0 Å². The second-order valence-electron chi connectivity index (χ2n) is 5.47. The molecule has 1 aliphatic rings. The van der Waals surface area contributed by atoms with Crippen molar-refractivity contribution in [3.8, 4) is 0 Å². The van der Waals surface area contributed by atoms with Crippen LogP contribution >= 0.6 is 23.2 Å². The molecule has 2 heterocycles. The summed E-state index contributed by atoms with van der Waals surface area (Å²) in [4.78, 5) is 20.9. The number of nitrogens with zero attached hydrogens (tertiary/aromatic N) is 3. The Kier molecular flexibility index (Phi) is 5.03. The molecule has 1 aromatic heterocycles. The molecule has 1 fully saturated rings. The van der Waals surface area contributed by atoms with Crippen molar-refractivity contribution >= 4 is 34.9 Å². The number of halogens is 2. The van der Waals surface area contributed by atoms with Gasteiger partial charge >= 0.3 is 0 Å². The average Bonchev–Trinajstić information content (AvgIpc) is 2.58. The lowest BCUT2D eigenvalue weighted by Crippen LogP contribution is -2.49. The molecule has 2 aromatic rings. The van der Waals surface area contributed by atoms with Crippen LogP contribution in [0.1, 0.15) is 5.56 Å². The summed E-state index contributed by atoms with van der Waals surface area (Å²) in [5.41, 5.74) is 0.813. The van der Waals surface area contributed by atoms with Gasteiger partial charge in [0, 0.05) is 42.4 Å². The van der Waals surface area contributed by atoms with E-state index in [0.29, 0.717) is 29.6 Å². The number of benzene rings is 1. The maximum absolute atomic E-state index is 12.4. The number of pyridine rings is 1. The largest absolute Gasteiger partial charge is 0.353 e. The Hall–Kier alpha value is -1.78. The zero-order valence-corrected chi connectivity index (χ0v) is 14.1. The standard InChI is InChI=1S/C17H17Cl2N3O/c18-14-5-4-13(15(19)12-14)11-17(23)22-9-7-21(8-10-22)16-3-1-2-6-20-16/h1-6,12H,7-11H2. The highest BCUT2D eigenvalue weighted by Gasteiger charge is 2.22. The molecule has 1 amide bonds. The summed E-state index contributed by atoms with van der Waals surface area (Å²) in [5.74, 6) is 1.05. The number of rotatable bonds is 3. The normalized spacial score (nSPS) is 14.9. The van der Waals surface area contributed by atoms with Gasteiger partial charge in [-0.3, -0.25) is 4.79 Å². The van der Waals surface area contributed by atoms with Crippen molar-refractivity contribution < 1.29 is 4.79 Å². The molecular weight excluding hydrogens is 333 g/mol. The van der Waals surface area contributed by atoms with Crippen molar-refractivity contribution in [2.45, 2.75) is 6.42 Å². The summed E-state index contributed by atoms with van der Waals surface area (Å²) in [5, 5.41) is 1.12. The number of amides is 1. The van der Waals surface area contributed by atoms with Gasteiger partial charge in [-0.15, -0.1) is 0 Å². The van der Waals surface area contributed by atoms with Crippen LogP contribution < -0.4 is 4.90 Å². The quantitative estimate of drug-likeness (QED) is 0.853. The lowest BCUT2D eigenvalue weighted by atomic mass is 10.1. The zero-order chi connectivity index (χ0) is 16.2. The van der Waals surface area contributed by atoms with E-state index in [-0.39, 0.29) is 5.91 Å². The third kappa shape index (κ3) is 3.95. The smallest absolute Gasteiger partial charge is 0.227 e. The van der Waals surface area contributed by atoms with E-state index in [0.717, 1.165) is 24.5 Å². The second kappa shape index (κ2) is 7.20. The lowest BCUT2D eigenvalue weighted by Gasteiger charge is -2.35. The molecule has 0 atom stereocenters. The minimum absolute atomic E-state index is 0.0925. The van der Waals surface area contributed by atoms with Gasteiger partial charge in [-0.25, -0.2) is 4.98 Å². The number of hydrogen-bond donors (Lipinski definition) is 0. The SMILES string of the molecule is O=C(Cc1ccc(Cl)cc1Cl)N1CCN(c2ccccn2)CC1. The van der Waals surface area contributed by atoms with Crippen LogP contribution in [-0.4, -0.2) is 42.0 Å². The van der Waals surface area contributed by atoms with Crippen LogP contribution in [0.5, 0.6) is 0 Å². The lowest BCUT2D eigenvalue weighted by molar-refractivity contribution is -0.130. The van der Waals surface area contributed by atoms with E-state index in [2.05, 4.69) is 9.88 Å². The topological polar surface area (TPSA) is 36.4 Å². The number of hydrogen-bond acceptors (Lipinski definition) is 3. The second-order valence-corrected chi connectivity index (χ2v) is 6.31. The molecule has 0 aliphatic carbocycles. The van der Waals surface area contributed by atoms with Crippen molar-refractivity contribution in [3.63, 3.8) is 0 Å². The molecule has 1 saturated heterocycles. The Balaban J connectivity index is 1.58. The molecule has 0 N–H and O–H groups in total. The van der Waals surface area contributed by atoms with Gasteiger partial charge in [-0.05, 0) is 29.8 Å². The first kappa shape index (κ1) is 16.1. The molecule has 23 heavy (non-hydrogen) atoms. The van der Waals surface area contributed by atoms with Crippen molar-refractivity contribution in [2.24, 2.45) is 0 Å². The number of aromatic nitrogens is 1. The Morgan fingerprint density at radius 2 is 1.87 bits per heavy atom. The number of carbonyl (C=O) groups excluding carboxylic acids is 1. The maximum Gasteiger partial charge on any atom is 0.227 e. The van der Waals surface area contributed by atoms with Crippen LogP contribution in [-0.2, 0) is 11.2 Å². The molecule has 6 heteroatoms. The fourth-order valence-corrected chi connectivity index (χ4v) is 3.14. The third-order valence-corrected chi connectivity index (χ3v) is 4.55. The predicted molar refractivity (Wildman–Crippen MR) is 93.2 cm³/mol. The minimum atomic E-state index is 0.0925. The molecular formula is C17H17Cl2N3O. The van der Waals surface area contributed by atoms with E-state index in [4.69, 9.17) is 23.2 Å². The minimum Gasteiger partial charge on any atom is -0.353 e. The maximum atomic E-state index is 12.4. The molecule has 120 valence electrons. The Bertz CT molecular complexity index is 685. The monoisotopic (exact) mass is 349 g/mol. The summed E-state index contributed by atoms with van der Waals surface area (Å²) in [7, 11) is 0. The van der Waals surface area contributed by atoms with E-state index in [1.165, 1.54) is 0 Å². The fraction of sp³-hybridized carbons (Fsp3) is 0.294. The fourth-order valence-electron chi connectivity index (χ4n) is 2.67. The van der Waals surface area contributed by atoms with Crippen molar-refractivity contribution in [3.05, 3.63) is 58.2 Å². The van der Waals surface area contributed by atoms with E-state index >= 15 is 0 Å². The van der Waals surface area contributed by atoms with E-state index in [1.807, 2.05) is 29.2 Å². The van der Waals surface area contributed by atoms with Crippen LogP contribution in [0, 0.1) is 0 Å². The summed E-state index contributed by atoms with van der Waals surface area (Å²) in [6, 6.07) is 11.1. The molecule has 0 saturated carbocycles. The Labute approximate surface area is 145 Å². The molecule has 0 bridgehead atoms. The van der Waals surface area contributed by atoms with Gasteiger partial charge in [0.25, 0.3) is 0 Å². The summed E-state index contributed by atoms with van der Waals surface area (Å²) in [6.45, 7) is 2.97. The van der Waals surface area contributed by atoms with Gasteiger partial charge < -0.3 is 9.80 Å².